The molecule has 18 heavy (non-hydrogen) atoms. The first-order valence-electron chi connectivity index (χ1n) is 7.89. The molecule has 1 unspecified atom stereocenters. The zero-order chi connectivity index (χ0) is 13.9. The Labute approximate surface area is 116 Å². The van der Waals surface area contributed by atoms with Gasteiger partial charge in [0, 0.05) is 0 Å². The van der Waals surface area contributed by atoms with Crippen LogP contribution in [0.1, 0.15) is 85.0 Å². The Morgan fingerprint density at radius 2 is 1.67 bits per heavy atom. The van der Waals surface area contributed by atoms with Crippen molar-refractivity contribution in [3.8, 4) is 0 Å². The Hall–Kier alpha value is -0.520. The van der Waals surface area contributed by atoms with Crippen molar-refractivity contribution in [2.45, 2.75) is 85.0 Å². The molecular weight excluding hydrogens is 216 g/mol. The molecule has 0 amide bonds. The van der Waals surface area contributed by atoms with Gasteiger partial charge in [0.25, 0.3) is 0 Å². The minimum absolute atomic E-state index is 0.386. The molecule has 1 atom stereocenters. The Kier molecular flexibility index (Phi) is 10.1. The van der Waals surface area contributed by atoms with Crippen LogP contribution in [0, 0.1) is 5.41 Å². The molecule has 0 saturated carbocycles. The molecular formula is C18H34. The minimum atomic E-state index is 0.386. The second kappa shape index (κ2) is 10.4. The number of hydrogen-bond acceptors (Lipinski definition) is 0. The molecule has 0 aromatic carbocycles. The molecule has 0 nitrogen and oxygen atoms in total. The van der Waals surface area contributed by atoms with Crippen LogP contribution in [0.25, 0.3) is 0 Å². The lowest BCUT2D eigenvalue weighted by molar-refractivity contribution is 0.334. The highest BCUT2D eigenvalue weighted by Gasteiger charge is 2.23. The maximum atomic E-state index is 4.35. The second-order valence-corrected chi connectivity index (χ2v) is 5.86. The van der Waals surface area contributed by atoms with Crippen LogP contribution in [0.4, 0.5) is 0 Å². The van der Waals surface area contributed by atoms with Crippen molar-refractivity contribution in [3.05, 3.63) is 24.8 Å². The highest BCUT2D eigenvalue weighted by Crippen LogP contribution is 2.37. The third-order valence-corrected chi connectivity index (χ3v) is 4.32. The van der Waals surface area contributed by atoms with Crippen molar-refractivity contribution >= 4 is 0 Å². The summed E-state index contributed by atoms with van der Waals surface area (Å²) in [6, 6.07) is 0. The van der Waals surface area contributed by atoms with Crippen molar-refractivity contribution in [3.63, 3.8) is 0 Å². The Morgan fingerprint density at radius 3 is 2.22 bits per heavy atom. The monoisotopic (exact) mass is 250 g/mol. The summed E-state index contributed by atoms with van der Waals surface area (Å²) in [5.74, 6) is 0. The van der Waals surface area contributed by atoms with Crippen LogP contribution in [0.2, 0.25) is 0 Å². The van der Waals surface area contributed by atoms with E-state index in [-0.39, 0.29) is 0 Å². The molecule has 0 bridgehead atoms. The number of rotatable bonds is 12. The van der Waals surface area contributed by atoms with Crippen molar-refractivity contribution in [2.75, 3.05) is 0 Å². The molecule has 0 saturated heterocycles. The average Bonchev–Trinajstić information content (AvgIpc) is 2.37. The SMILES string of the molecule is C=CCCCCCCCC(=C)C(C)(CC)CCC. The van der Waals surface area contributed by atoms with Gasteiger partial charge in [-0.05, 0) is 43.9 Å². The first kappa shape index (κ1) is 17.5. The highest BCUT2D eigenvalue weighted by atomic mass is 14.3. The second-order valence-electron chi connectivity index (χ2n) is 5.86. The Bertz CT molecular complexity index is 226. The molecule has 0 aliphatic carbocycles. The number of allylic oxidation sites excluding steroid dienone is 2. The Balaban J connectivity index is 3.71. The third kappa shape index (κ3) is 7.03. The summed E-state index contributed by atoms with van der Waals surface area (Å²) in [6.07, 6.45) is 15.0. The van der Waals surface area contributed by atoms with E-state index in [1.165, 1.54) is 69.8 Å². The normalized spacial score (nSPS) is 14.2. The molecule has 0 rings (SSSR count). The van der Waals surface area contributed by atoms with Crippen LogP contribution >= 0.6 is 0 Å². The lowest BCUT2D eigenvalue weighted by Crippen LogP contribution is -2.17. The van der Waals surface area contributed by atoms with Crippen LogP contribution in [0.3, 0.4) is 0 Å². The van der Waals surface area contributed by atoms with E-state index >= 15 is 0 Å². The maximum Gasteiger partial charge on any atom is -0.0122 e. The molecule has 106 valence electrons. The van der Waals surface area contributed by atoms with E-state index in [1.807, 2.05) is 6.08 Å². The van der Waals surface area contributed by atoms with Gasteiger partial charge in [-0.15, -0.1) is 6.58 Å². The van der Waals surface area contributed by atoms with Gasteiger partial charge in [-0.1, -0.05) is 64.7 Å². The van der Waals surface area contributed by atoms with Crippen LogP contribution in [0.5, 0.6) is 0 Å². The summed E-state index contributed by atoms with van der Waals surface area (Å²) in [6.45, 7) is 15.1. The van der Waals surface area contributed by atoms with E-state index in [0.717, 1.165) is 0 Å². The first-order valence-corrected chi connectivity index (χ1v) is 7.89. The molecule has 0 fully saturated rings. The fraction of sp³-hybridized carbons (Fsp3) is 0.778. The molecule has 0 N–H and O–H groups in total. The predicted molar refractivity (Wildman–Crippen MR) is 85.0 cm³/mol. The van der Waals surface area contributed by atoms with Crippen LogP contribution in [-0.4, -0.2) is 0 Å². The molecule has 0 heterocycles. The van der Waals surface area contributed by atoms with Crippen molar-refractivity contribution in [1.82, 2.24) is 0 Å². The highest BCUT2D eigenvalue weighted by molar-refractivity contribution is 5.08. The smallest absolute Gasteiger partial charge is 0.0122 e. The number of unbranched alkanes of at least 4 members (excludes halogenated alkanes) is 5. The lowest BCUT2D eigenvalue weighted by Gasteiger charge is -2.30. The summed E-state index contributed by atoms with van der Waals surface area (Å²) >= 11 is 0. The predicted octanol–water partition coefficient (Wildman–Crippen LogP) is 6.68. The molecule has 0 aromatic rings. The minimum Gasteiger partial charge on any atom is -0.103 e. The largest absolute Gasteiger partial charge is 0.103 e. The van der Waals surface area contributed by atoms with Crippen molar-refractivity contribution in [2.24, 2.45) is 5.41 Å². The van der Waals surface area contributed by atoms with Crippen LogP contribution < -0.4 is 0 Å². The average molecular weight is 250 g/mol. The van der Waals surface area contributed by atoms with Gasteiger partial charge in [-0.25, -0.2) is 0 Å². The van der Waals surface area contributed by atoms with E-state index in [4.69, 9.17) is 0 Å². The standard InChI is InChI=1S/C18H34/c1-6-9-10-11-12-13-14-15-17(4)18(5,8-3)16-7-2/h6H,1,4,7-16H2,2-3,5H3. The van der Waals surface area contributed by atoms with Gasteiger partial charge in [0.15, 0.2) is 0 Å². The van der Waals surface area contributed by atoms with Crippen LogP contribution in [-0.2, 0) is 0 Å². The van der Waals surface area contributed by atoms with Gasteiger partial charge in [0.1, 0.15) is 0 Å². The Morgan fingerprint density at radius 1 is 1.06 bits per heavy atom. The fourth-order valence-electron chi connectivity index (χ4n) is 2.61. The molecule has 0 radical (unpaired) electrons. The van der Waals surface area contributed by atoms with Crippen molar-refractivity contribution < 1.29 is 0 Å². The topological polar surface area (TPSA) is 0 Å². The van der Waals surface area contributed by atoms with Gasteiger partial charge in [0.05, 0.1) is 0 Å². The summed E-state index contributed by atoms with van der Waals surface area (Å²) in [4.78, 5) is 0. The number of hydrogen-bond donors (Lipinski definition) is 0. The fourth-order valence-corrected chi connectivity index (χ4v) is 2.61. The lowest BCUT2D eigenvalue weighted by atomic mass is 9.75. The molecule has 0 aliphatic heterocycles. The zero-order valence-corrected chi connectivity index (χ0v) is 13.1. The van der Waals surface area contributed by atoms with Crippen molar-refractivity contribution in [1.29, 1.82) is 0 Å². The molecule has 0 aromatic heterocycles. The molecule has 0 aliphatic rings. The van der Waals surface area contributed by atoms with E-state index < -0.39 is 0 Å². The van der Waals surface area contributed by atoms with Gasteiger partial charge < -0.3 is 0 Å². The summed E-state index contributed by atoms with van der Waals surface area (Å²) < 4.78 is 0. The quantitative estimate of drug-likeness (QED) is 0.268. The van der Waals surface area contributed by atoms with Gasteiger partial charge in [0.2, 0.25) is 0 Å². The summed E-state index contributed by atoms with van der Waals surface area (Å²) in [5, 5.41) is 0. The van der Waals surface area contributed by atoms with Gasteiger partial charge >= 0.3 is 0 Å². The van der Waals surface area contributed by atoms with Crippen LogP contribution in [0.15, 0.2) is 24.8 Å². The van der Waals surface area contributed by atoms with E-state index in [9.17, 15) is 0 Å². The van der Waals surface area contributed by atoms with Gasteiger partial charge in [-0.2, -0.15) is 0 Å². The van der Waals surface area contributed by atoms with Gasteiger partial charge in [-0.3, -0.25) is 0 Å². The molecule has 0 heteroatoms. The zero-order valence-electron chi connectivity index (χ0n) is 13.1. The van der Waals surface area contributed by atoms with E-state index in [2.05, 4.69) is 33.9 Å². The summed E-state index contributed by atoms with van der Waals surface area (Å²) in [5.41, 5.74) is 1.87. The maximum absolute atomic E-state index is 4.35. The third-order valence-electron chi connectivity index (χ3n) is 4.32. The van der Waals surface area contributed by atoms with E-state index in [1.54, 1.807) is 0 Å². The summed E-state index contributed by atoms with van der Waals surface area (Å²) in [7, 11) is 0. The molecule has 0 spiro atoms. The first-order chi connectivity index (χ1) is 8.60. The van der Waals surface area contributed by atoms with E-state index in [0.29, 0.717) is 5.41 Å².